The fraction of sp³-hybridized carbons (Fsp3) is 0.560. The van der Waals surface area contributed by atoms with E-state index in [1.165, 1.54) is 5.56 Å². The summed E-state index contributed by atoms with van der Waals surface area (Å²) < 4.78 is 0. The fourth-order valence-corrected chi connectivity index (χ4v) is 5.74. The van der Waals surface area contributed by atoms with Crippen LogP contribution in [-0.2, 0) is 20.8 Å². The summed E-state index contributed by atoms with van der Waals surface area (Å²) in [5.41, 5.74) is 1.23. The van der Waals surface area contributed by atoms with Crippen LogP contribution in [0.3, 0.4) is 0 Å². The molecule has 1 aromatic rings. The monoisotopic (exact) mass is 424 g/mol. The molecule has 4 atom stereocenters. The van der Waals surface area contributed by atoms with Gasteiger partial charge < -0.3 is 14.9 Å². The number of likely N-dealkylation sites (tertiary alicyclic amines) is 2. The van der Waals surface area contributed by atoms with Crippen molar-refractivity contribution in [3.05, 3.63) is 48.0 Å². The molecule has 0 aromatic heterocycles. The molecule has 2 amide bonds. The quantitative estimate of drug-likeness (QED) is 0.681. The Kier molecular flexibility index (Phi) is 6.73. The number of fused-ring (bicyclic) bond motifs is 1. The smallest absolute Gasteiger partial charge is 0.328 e. The molecular formula is C25H32N2O4. The van der Waals surface area contributed by atoms with E-state index in [2.05, 4.69) is 12.1 Å². The number of benzene rings is 1. The number of carboxylic acids is 1. The van der Waals surface area contributed by atoms with E-state index >= 15 is 0 Å². The van der Waals surface area contributed by atoms with Crippen molar-refractivity contribution in [1.82, 2.24) is 9.80 Å². The Morgan fingerprint density at radius 3 is 2.65 bits per heavy atom. The van der Waals surface area contributed by atoms with Gasteiger partial charge in [0.1, 0.15) is 6.04 Å². The van der Waals surface area contributed by atoms with Gasteiger partial charge in [-0.2, -0.15) is 0 Å². The summed E-state index contributed by atoms with van der Waals surface area (Å²) in [4.78, 5) is 41.4. The number of aryl methyl sites for hydroxylation is 1. The first-order valence-corrected chi connectivity index (χ1v) is 11.6. The molecule has 3 fully saturated rings. The molecule has 1 aromatic carbocycles. The summed E-state index contributed by atoms with van der Waals surface area (Å²) in [7, 11) is 0. The Bertz CT molecular complexity index is 837. The zero-order valence-corrected chi connectivity index (χ0v) is 18.0. The van der Waals surface area contributed by atoms with E-state index in [1.807, 2.05) is 23.1 Å². The maximum absolute atomic E-state index is 13.5. The molecule has 6 nitrogen and oxygen atoms in total. The van der Waals surface area contributed by atoms with Gasteiger partial charge in [-0.1, -0.05) is 42.8 Å². The lowest BCUT2D eigenvalue weighted by atomic mass is 10.0. The average molecular weight is 425 g/mol. The first kappa shape index (κ1) is 21.6. The lowest BCUT2D eigenvalue weighted by Gasteiger charge is -2.33. The molecule has 0 radical (unpaired) electrons. The number of aliphatic carboxylic acids is 1. The molecule has 2 heterocycles. The van der Waals surface area contributed by atoms with Crippen LogP contribution in [0.15, 0.2) is 42.5 Å². The predicted molar refractivity (Wildman–Crippen MR) is 117 cm³/mol. The number of carbonyl (C=O) groups excluding carboxylic acids is 2. The minimum absolute atomic E-state index is 0.00310. The van der Waals surface area contributed by atoms with E-state index in [4.69, 9.17) is 5.11 Å². The van der Waals surface area contributed by atoms with Crippen molar-refractivity contribution in [3.63, 3.8) is 0 Å². The topological polar surface area (TPSA) is 77.9 Å². The zero-order chi connectivity index (χ0) is 21.8. The maximum atomic E-state index is 13.5. The van der Waals surface area contributed by atoms with Crippen molar-refractivity contribution in [2.45, 2.75) is 75.9 Å². The molecule has 166 valence electrons. The van der Waals surface area contributed by atoms with Gasteiger partial charge in [-0.15, -0.1) is 0 Å². The summed E-state index contributed by atoms with van der Waals surface area (Å²) in [6.07, 6.45) is 10.5. The number of rotatable bonds is 7. The first-order chi connectivity index (χ1) is 15.0. The van der Waals surface area contributed by atoms with Crippen molar-refractivity contribution in [2.75, 3.05) is 6.54 Å². The minimum Gasteiger partial charge on any atom is -0.478 e. The molecule has 1 N–H and O–H groups in total. The summed E-state index contributed by atoms with van der Waals surface area (Å²) in [5.74, 6) is -0.476. The Hall–Kier alpha value is -2.63. The number of carbonyl (C=O) groups is 3. The van der Waals surface area contributed by atoms with Gasteiger partial charge >= 0.3 is 5.97 Å². The highest BCUT2D eigenvalue weighted by Crippen LogP contribution is 2.42. The molecule has 0 unspecified atom stereocenters. The Labute approximate surface area is 183 Å². The predicted octanol–water partition coefficient (Wildman–Crippen LogP) is 3.41. The van der Waals surface area contributed by atoms with Gasteiger partial charge in [0.2, 0.25) is 11.8 Å². The van der Waals surface area contributed by atoms with Gasteiger partial charge in [0, 0.05) is 25.1 Å². The van der Waals surface area contributed by atoms with Gasteiger partial charge in [-0.05, 0) is 56.4 Å². The molecule has 1 saturated carbocycles. The maximum Gasteiger partial charge on any atom is 0.328 e. The Morgan fingerprint density at radius 1 is 1.06 bits per heavy atom. The summed E-state index contributed by atoms with van der Waals surface area (Å²) in [5, 5.41) is 8.96. The molecule has 0 bridgehead atoms. The minimum atomic E-state index is -0.995. The van der Waals surface area contributed by atoms with E-state index in [9.17, 15) is 14.4 Å². The third-order valence-electron chi connectivity index (χ3n) is 7.15. The van der Waals surface area contributed by atoms with Crippen LogP contribution in [0, 0.1) is 5.92 Å². The highest BCUT2D eigenvalue weighted by atomic mass is 16.4. The van der Waals surface area contributed by atoms with Crippen LogP contribution in [0.2, 0.25) is 0 Å². The van der Waals surface area contributed by atoms with Crippen LogP contribution in [0.25, 0.3) is 0 Å². The molecule has 6 heteroatoms. The molecule has 2 aliphatic heterocycles. The normalized spacial score (nSPS) is 27.7. The third kappa shape index (κ3) is 4.83. The lowest BCUT2D eigenvalue weighted by Crippen LogP contribution is -2.51. The van der Waals surface area contributed by atoms with Crippen LogP contribution in [0.5, 0.6) is 0 Å². The van der Waals surface area contributed by atoms with Gasteiger partial charge in [0.15, 0.2) is 0 Å². The van der Waals surface area contributed by atoms with Crippen LogP contribution in [-0.4, -0.2) is 57.4 Å². The molecule has 31 heavy (non-hydrogen) atoms. The van der Waals surface area contributed by atoms with Gasteiger partial charge in [-0.3, -0.25) is 9.59 Å². The molecule has 3 aliphatic rings. The first-order valence-electron chi connectivity index (χ1n) is 11.6. The van der Waals surface area contributed by atoms with Gasteiger partial charge in [-0.25, -0.2) is 4.79 Å². The second kappa shape index (κ2) is 9.67. The fourth-order valence-electron chi connectivity index (χ4n) is 5.74. The molecular weight excluding hydrogens is 392 g/mol. The molecule has 4 rings (SSSR count). The second-order valence-electron chi connectivity index (χ2n) is 9.09. The second-order valence-corrected chi connectivity index (χ2v) is 9.09. The van der Waals surface area contributed by atoms with Crippen LogP contribution in [0.4, 0.5) is 0 Å². The van der Waals surface area contributed by atoms with Gasteiger partial charge in [0.05, 0.1) is 6.04 Å². The van der Waals surface area contributed by atoms with E-state index in [0.717, 1.165) is 57.4 Å². The summed E-state index contributed by atoms with van der Waals surface area (Å²) in [6.45, 7) is 0.634. The Balaban J connectivity index is 1.43. The molecule has 1 aliphatic carbocycles. The summed E-state index contributed by atoms with van der Waals surface area (Å²) in [6, 6.07) is 9.80. The van der Waals surface area contributed by atoms with Crippen LogP contribution < -0.4 is 0 Å². The number of carboxylic acid groups (broad SMARTS) is 1. The van der Waals surface area contributed by atoms with E-state index < -0.39 is 12.0 Å². The number of hydrogen-bond acceptors (Lipinski definition) is 3. The number of hydrogen-bond donors (Lipinski definition) is 1. The van der Waals surface area contributed by atoms with Crippen molar-refractivity contribution < 1.29 is 19.5 Å². The number of amides is 2. The Morgan fingerprint density at radius 2 is 1.87 bits per heavy atom. The third-order valence-corrected chi connectivity index (χ3v) is 7.15. The largest absolute Gasteiger partial charge is 0.478 e. The van der Waals surface area contributed by atoms with Crippen molar-refractivity contribution in [2.24, 2.45) is 5.92 Å². The van der Waals surface area contributed by atoms with Gasteiger partial charge in [0.25, 0.3) is 0 Å². The highest BCUT2D eigenvalue weighted by molar-refractivity contribution is 5.89. The standard InChI is InChI=1S/C25H32N2O4/c28-23(13-4-9-18-7-2-1-3-8-18)27-21-12-5-10-19(21)17-22(27)25(31)26-16-6-11-20(26)14-15-24(29)30/h1-3,7-8,14-15,19-22H,4-6,9-13,16-17H2,(H,29,30)/t19-,20-,21-,22-/m0/s1. The number of nitrogens with zero attached hydrogens (tertiary/aromatic N) is 2. The van der Waals surface area contributed by atoms with Crippen molar-refractivity contribution in [1.29, 1.82) is 0 Å². The molecule has 0 spiro atoms. The summed E-state index contributed by atoms with van der Waals surface area (Å²) >= 11 is 0. The van der Waals surface area contributed by atoms with E-state index in [1.54, 1.807) is 11.0 Å². The lowest BCUT2D eigenvalue weighted by molar-refractivity contribution is -0.145. The van der Waals surface area contributed by atoms with Crippen LogP contribution in [0.1, 0.15) is 56.9 Å². The van der Waals surface area contributed by atoms with E-state index in [-0.39, 0.29) is 23.9 Å². The highest BCUT2D eigenvalue weighted by Gasteiger charge is 2.50. The zero-order valence-electron chi connectivity index (χ0n) is 18.0. The van der Waals surface area contributed by atoms with Crippen LogP contribution >= 0.6 is 0 Å². The SMILES string of the molecule is O=C(O)C=C[C@@H]1CCCN1C(=O)[C@@H]1C[C@@H]2CCC[C@@H]2N1C(=O)CCCc1ccccc1. The average Bonchev–Trinajstić information content (AvgIpc) is 3.48. The van der Waals surface area contributed by atoms with E-state index in [0.29, 0.717) is 18.9 Å². The molecule has 2 saturated heterocycles. The van der Waals surface area contributed by atoms with Crippen molar-refractivity contribution >= 4 is 17.8 Å². The van der Waals surface area contributed by atoms with Crippen molar-refractivity contribution in [3.8, 4) is 0 Å².